The van der Waals surface area contributed by atoms with Crippen LogP contribution >= 0.6 is 0 Å². The highest BCUT2D eigenvalue weighted by Gasteiger charge is 2.27. The number of carbonyl (C=O) groups is 1. The van der Waals surface area contributed by atoms with Gasteiger partial charge in [-0.3, -0.25) is 9.48 Å². The van der Waals surface area contributed by atoms with Crippen molar-refractivity contribution in [3.8, 4) is 11.1 Å². The Morgan fingerprint density at radius 1 is 1.39 bits per heavy atom. The molecule has 5 rings (SSSR count). The molecule has 0 spiro atoms. The van der Waals surface area contributed by atoms with E-state index in [0.717, 1.165) is 28.8 Å². The van der Waals surface area contributed by atoms with E-state index in [4.69, 9.17) is 14.6 Å². The Morgan fingerprint density at radius 2 is 2.26 bits per heavy atom. The molecule has 2 atom stereocenters. The van der Waals surface area contributed by atoms with Gasteiger partial charge in [-0.2, -0.15) is 5.10 Å². The van der Waals surface area contributed by atoms with E-state index in [0.29, 0.717) is 44.8 Å². The van der Waals surface area contributed by atoms with Gasteiger partial charge >= 0.3 is 0 Å². The van der Waals surface area contributed by atoms with Crippen LogP contribution in [0.25, 0.3) is 16.6 Å². The summed E-state index contributed by atoms with van der Waals surface area (Å²) in [5.41, 5.74) is 3.94. The van der Waals surface area contributed by atoms with Crippen molar-refractivity contribution in [3.05, 3.63) is 30.4 Å². The highest BCUT2D eigenvalue weighted by atomic mass is 16.5. The number of aromatic nitrogens is 5. The molecule has 2 saturated heterocycles. The standard InChI is InChI=1S/C21H27N7O3/c1-13(10-30-2)25-21-23-8-19-17(15-7-24-27(9-15)16-11-31-12-16)6-18(28(19)26-21)14-3-4-22-20(29)5-14/h6-9,13-14,16H,3-5,10-12H2,1-2H3,(H,22,29)(H,25,26)/t13-,14?/m0/s1. The highest BCUT2D eigenvalue weighted by molar-refractivity contribution is 5.82. The van der Waals surface area contributed by atoms with Gasteiger partial charge in [0.25, 0.3) is 0 Å². The van der Waals surface area contributed by atoms with Crippen LogP contribution in [0.3, 0.4) is 0 Å². The quantitative estimate of drug-likeness (QED) is 0.592. The van der Waals surface area contributed by atoms with E-state index in [9.17, 15) is 4.79 Å². The minimum Gasteiger partial charge on any atom is -0.383 e. The topological polar surface area (TPSA) is 108 Å². The van der Waals surface area contributed by atoms with Gasteiger partial charge in [-0.05, 0) is 19.4 Å². The molecule has 164 valence electrons. The van der Waals surface area contributed by atoms with Gasteiger partial charge in [-0.25, -0.2) is 9.50 Å². The second-order valence-corrected chi connectivity index (χ2v) is 8.30. The number of nitrogens with zero attached hydrogens (tertiary/aromatic N) is 5. The van der Waals surface area contributed by atoms with Crippen molar-refractivity contribution in [1.29, 1.82) is 0 Å². The average Bonchev–Trinajstić information content (AvgIpc) is 3.31. The Balaban J connectivity index is 1.55. The molecule has 1 unspecified atom stereocenters. The monoisotopic (exact) mass is 425 g/mol. The molecule has 0 saturated carbocycles. The third kappa shape index (κ3) is 3.88. The predicted molar refractivity (Wildman–Crippen MR) is 114 cm³/mol. The maximum Gasteiger partial charge on any atom is 0.241 e. The fourth-order valence-electron chi connectivity index (χ4n) is 4.20. The van der Waals surface area contributed by atoms with Crippen LogP contribution in [-0.2, 0) is 14.3 Å². The number of carbonyl (C=O) groups excluding carboxylic acids is 1. The first-order chi connectivity index (χ1) is 15.1. The maximum atomic E-state index is 12.1. The minimum atomic E-state index is 0.0734. The van der Waals surface area contributed by atoms with Crippen molar-refractivity contribution >= 4 is 17.4 Å². The number of hydrogen-bond donors (Lipinski definition) is 2. The first kappa shape index (κ1) is 20.0. The summed E-state index contributed by atoms with van der Waals surface area (Å²) in [7, 11) is 1.67. The first-order valence-electron chi connectivity index (χ1n) is 10.7. The molecule has 2 aliphatic heterocycles. The van der Waals surface area contributed by atoms with Crippen LogP contribution in [0.4, 0.5) is 5.95 Å². The summed E-state index contributed by atoms with van der Waals surface area (Å²) in [6.07, 6.45) is 7.09. The van der Waals surface area contributed by atoms with E-state index in [-0.39, 0.29) is 17.9 Å². The lowest BCUT2D eigenvalue weighted by atomic mass is 9.94. The zero-order valence-corrected chi connectivity index (χ0v) is 17.7. The summed E-state index contributed by atoms with van der Waals surface area (Å²) >= 11 is 0. The van der Waals surface area contributed by atoms with Crippen LogP contribution in [0.15, 0.2) is 24.7 Å². The number of fused-ring (bicyclic) bond motifs is 1. The zero-order valence-electron chi connectivity index (χ0n) is 17.7. The van der Waals surface area contributed by atoms with E-state index in [1.54, 1.807) is 7.11 Å². The van der Waals surface area contributed by atoms with E-state index >= 15 is 0 Å². The molecular weight excluding hydrogens is 398 g/mol. The van der Waals surface area contributed by atoms with E-state index in [1.165, 1.54) is 0 Å². The van der Waals surface area contributed by atoms with Gasteiger partial charge in [0.05, 0.1) is 43.8 Å². The molecule has 10 heteroatoms. The molecule has 0 bridgehead atoms. The third-order valence-corrected chi connectivity index (χ3v) is 5.91. The maximum absolute atomic E-state index is 12.1. The average molecular weight is 425 g/mol. The van der Waals surface area contributed by atoms with E-state index < -0.39 is 0 Å². The Kier molecular flexibility index (Phi) is 5.33. The fourth-order valence-corrected chi connectivity index (χ4v) is 4.20. The summed E-state index contributed by atoms with van der Waals surface area (Å²) in [6, 6.07) is 2.50. The molecule has 0 radical (unpaired) electrons. The van der Waals surface area contributed by atoms with Gasteiger partial charge in [0.1, 0.15) is 0 Å². The second kappa shape index (κ2) is 8.27. The number of ether oxygens (including phenoxy) is 2. The van der Waals surface area contributed by atoms with Crippen molar-refractivity contribution in [2.75, 3.05) is 38.8 Å². The van der Waals surface area contributed by atoms with Crippen molar-refractivity contribution in [2.24, 2.45) is 0 Å². The van der Waals surface area contributed by atoms with Gasteiger partial charge in [0.2, 0.25) is 11.9 Å². The number of piperidine rings is 1. The molecular formula is C21H27N7O3. The molecule has 10 nitrogen and oxygen atoms in total. The number of amides is 1. The molecule has 3 aromatic heterocycles. The summed E-state index contributed by atoms with van der Waals surface area (Å²) in [4.78, 5) is 16.6. The van der Waals surface area contributed by atoms with Crippen LogP contribution in [0.1, 0.15) is 37.4 Å². The number of rotatable bonds is 7. The fraction of sp³-hybridized carbons (Fsp3) is 0.524. The van der Waals surface area contributed by atoms with Gasteiger partial charge in [-0.15, -0.1) is 5.10 Å². The molecule has 2 aliphatic rings. The molecule has 2 fully saturated rings. The van der Waals surface area contributed by atoms with Gasteiger partial charge in [0, 0.05) is 55.1 Å². The lowest BCUT2D eigenvalue weighted by Crippen LogP contribution is -2.33. The summed E-state index contributed by atoms with van der Waals surface area (Å²) in [5.74, 6) is 0.707. The van der Waals surface area contributed by atoms with Crippen LogP contribution in [-0.4, -0.2) is 69.8 Å². The van der Waals surface area contributed by atoms with E-state index in [2.05, 4.69) is 26.8 Å². The molecule has 1 amide bonds. The normalized spacial score (nSPS) is 20.5. The highest BCUT2D eigenvalue weighted by Crippen LogP contribution is 2.34. The van der Waals surface area contributed by atoms with Gasteiger partial charge < -0.3 is 20.1 Å². The molecule has 0 aliphatic carbocycles. The van der Waals surface area contributed by atoms with Crippen molar-refractivity contribution in [2.45, 2.75) is 37.8 Å². The predicted octanol–water partition coefficient (Wildman–Crippen LogP) is 1.60. The van der Waals surface area contributed by atoms with Gasteiger partial charge in [-0.1, -0.05) is 0 Å². The molecule has 2 N–H and O–H groups in total. The Bertz CT molecular complexity index is 1090. The van der Waals surface area contributed by atoms with Gasteiger partial charge in [0.15, 0.2) is 0 Å². The van der Waals surface area contributed by atoms with Crippen molar-refractivity contribution < 1.29 is 14.3 Å². The second-order valence-electron chi connectivity index (χ2n) is 8.30. The van der Waals surface area contributed by atoms with Crippen LogP contribution in [0.2, 0.25) is 0 Å². The molecule has 5 heterocycles. The SMILES string of the molecule is COC[C@H](C)Nc1ncc2c(-c3cnn(C4COC4)c3)cc(C3CCNC(=O)C3)n2n1. The smallest absolute Gasteiger partial charge is 0.241 e. The lowest BCUT2D eigenvalue weighted by molar-refractivity contribution is -0.122. The Hall–Kier alpha value is -2.98. The van der Waals surface area contributed by atoms with Crippen LogP contribution in [0.5, 0.6) is 0 Å². The van der Waals surface area contributed by atoms with E-state index in [1.807, 2.05) is 34.7 Å². The van der Waals surface area contributed by atoms with Crippen LogP contribution in [0, 0.1) is 0 Å². The number of methoxy groups -OCH3 is 1. The Labute approximate surface area is 179 Å². The first-order valence-corrected chi connectivity index (χ1v) is 10.7. The molecule has 3 aromatic rings. The third-order valence-electron chi connectivity index (χ3n) is 5.91. The number of hydrogen-bond acceptors (Lipinski definition) is 7. The zero-order chi connectivity index (χ0) is 21.4. The molecule has 0 aromatic carbocycles. The summed E-state index contributed by atoms with van der Waals surface area (Å²) < 4.78 is 14.4. The summed E-state index contributed by atoms with van der Waals surface area (Å²) in [5, 5.41) is 15.5. The van der Waals surface area contributed by atoms with Crippen LogP contribution < -0.4 is 10.6 Å². The van der Waals surface area contributed by atoms with Crippen molar-refractivity contribution in [1.82, 2.24) is 29.7 Å². The largest absolute Gasteiger partial charge is 0.383 e. The lowest BCUT2D eigenvalue weighted by Gasteiger charge is -2.25. The number of anilines is 1. The van der Waals surface area contributed by atoms with Crippen molar-refractivity contribution in [3.63, 3.8) is 0 Å². The summed E-state index contributed by atoms with van der Waals surface area (Å²) in [6.45, 7) is 4.63. The number of nitrogens with one attached hydrogen (secondary N) is 2. The Morgan fingerprint density at radius 3 is 3.00 bits per heavy atom. The minimum absolute atomic E-state index is 0.0734. The molecule has 31 heavy (non-hydrogen) atoms.